The fraction of sp³-hybridized carbons (Fsp3) is 0.200. The van der Waals surface area contributed by atoms with Gasteiger partial charge in [-0.3, -0.25) is 0 Å². The fourth-order valence-electron chi connectivity index (χ4n) is 1.93. The van der Waals surface area contributed by atoms with Crippen LogP contribution in [-0.4, -0.2) is 0 Å². The monoisotopic (exact) mass is 262 g/mol. The van der Waals surface area contributed by atoms with Crippen molar-refractivity contribution in [3.63, 3.8) is 0 Å². The molecule has 2 aromatic carbocycles. The Morgan fingerprint density at radius 3 is 2.22 bits per heavy atom. The van der Waals surface area contributed by atoms with E-state index in [0.29, 0.717) is 6.54 Å². The highest BCUT2D eigenvalue weighted by atomic mass is 35.5. The van der Waals surface area contributed by atoms with Crippen LogP contribution in [0.15, 0.2) is 42.5 Å². The number of halogens is 1. The first-order valence-electron chi connectivity index (χ1n) is 5.83. The summed E-state index contributed by atoms with van der Waals surface area (Å²) >= 11 is 0. The topological polar surface area (TPSA) is 38.0 Å². The molecule has 0 bridgehead atoms. The molecule has 0 amide bonds. The van der Waals surface area contributed by atoms with Crippen molar-refractivity contribution in [1.29, 1.82) is 0 Å². The van der Waals surface area contributed by atoms with Crippen LogP contribution in [0.25, 0.3) is 0 Å². The summed E-state index contributed by atoms with van der Waals surface area (Å²) in [6, 6.07) is 14.5. The first-order valence-corrected chi connectivity index (χ1v) is 5.83. The quantitative estimate of drug-likeness (QED) is 0.880. The van der Waals surface area contributed by atoms with Crippen LogP contribution in [0, 0.1) is 13.8 Å². The van der Waals surface area contributed by atoms with E-state index in [0.717, 1.165) is 11.3 Å². The van der Waals surface area contributed by atoms with Crippen molar-refractivity contribution in [2.24, 2.45) is 5.73 Å². The summed E-state index contributed by atoms with van der Waals surface area (Å²) in [6.07, 6.45) is 0. The molecule has 0 fully saturated rings. The summed E-state index contributed by atoms with van der Waals surface area (Å²) in [5.74, 6) is 0. The second-order valence-electron chi connectivity index (χ2n) is 4.30. The van der Waals surface area contributed by atoms with Crippen LogP contribution in [0.4, 0.5) is 11.4 Å². The van der Waals surface area contributed by atoms with Gasteiger partial charge >= 0.3 is 0 Å². The molecule has 0 aliphatic heterocycles. The lowest BCUT2D eigenvalue weighted by Gasteiger charge is -2.13. The van der Waals surface area contributed by atoms with Crippen molar-refractivity contribution in [1.82, 2.24) is 0 Å². The van der Waals surface area contributed by atoms with Crippen LogP contribution < -0.4 is 11.1 Å². The molecule has 2 aromatic rings. The van der Waals surface area contributed by atoms with Gasteiger partial charge in [0.1, 0.15) is 0 Å². The second-order valence-corrected chi connectivity index (χ2v) is 4.30. The molecule has 96 valence electrons. The normalized spacial score (nSPS) is 9.72. The Labute approximate surface area is 115 Å². The van der Waals surface area contributed by atoms with E-state index in [1.165, 1.54) is 16.8 Å². The smallest absolute Gasteiger partial charge is 0.0443 e. The Balaban J connectivity index is 0.00000162. The molecule has 0 unspecified atom stereocenters. The van der Waals surface area contributed by atoms with Crippen LogP contribution in [0.5, 0.6) is 0 Å². The average Bonchev–Trinajstić information content (AvgIpc) is 2.34. The molecule has 3 heteroatoms. The third-order valence-electron chi connectivity index (χ3n) is 2.91. The summed E-state index contributed by atoms with van der Waals surface area (Å²) in [7, 11) is 0. The summed E-state index contributed by atoms with van der Waals surface area (Å²) in [5.41, 5.74) is 11.6. The molecule has 0 atom stereocenters. The summed E-state index contributed by atoms with van der Waals surface area (Å²) in [6.45, 7) is 4.80. The number of hydrogen-bond acceptors (Lipinski definition) is 2. The highest BCUT2D eigenvalue weighted by molar-refractivity contribution is 5.85. The Bertz CT molecular complexity index is 503. The number of rotatable bonds is 3. The van der Waals surface area contributed by atoms with E-state index in [1.54, 1.807) is 0 Å². The minimum atomic E-state index is 0. The zero-order chi connectivity index (χ0) is 12.3. The highest BCUT2D eigenvalue weighted by Gasteiger charge is 2.02. The van der Waals surface area contributed by atoms with E-state index in [-0.39, 0.29) is 12.4 Å². The van der Waals surface area contributed by atoms with Gasteiger partial charge in [-0.25, -0.2) is 0 Å². The van der Waals surface area contributed by atoms with Crippen LogP contribution in [0.1, 0.15) is 16.7 Å². The van der Waals surface area contributed by atoms with Gasteiger partial charge in [0.05, 0.1) is 0 Å². The molecule has 0 saturated carbocycles. The van der Waals surface area contributed by atoms with Crippen LogP contribution in [0.2, 0.25) is 0 Å². The van der Waals surface area contributed by atoms with Crippen LogP contribution >= 0.6 is 12.4 Å². The van der Waals surface area contributed by atoms with Gasteiger partial charge in [-0.15, -0.1) is 12.4 Å². The van der Waals surface area contributed by atoms with Gasteiger partial charge in [0.25, 0.3) is 0 Å². The molecule has 0 aromatic heterocycles. The second kappa shape index (κ2) is 6.43. The van der Waals surface area contributed by atoms with Crippen LogP contribution in [0.3, 0.4) is 0 Å². The van der Waals surface area contributed by atoms with E-state index >= 15 is 0 Å². The number of nitrogens with one attached hydrogen (secondary N) is 1. The predicted octanol–water partition coefficient (Wildman–Crippen LogP) is 3.93. The zero-order valence-electron chi connectivity index (χ0n) is 10.7. The lowest BCUT2D eigenvalue weighted by molar-refractivity contribution is 1.07. The maximum absolute atomic E-state index is 5.64. The van der Waals surface area contributed by atoms with Gasteiger partial charge in [0, 0.05) is 17.9 Å². The predicted molar refractivity (Wildman–Crippen MR) is 80.8 cm³/mol. The maximum atomic E-state index is 5.64. The lowest BCUT2D eigenvalue weighted by atomic mass is 10.1. The molecule has 2 nitrogen and oxygen atoms in total. The molecule has 0 saturated heterocycles. The average molecular weight is 263 g/mol. The molecule has 0 heterocycles. The largest absolute Gasteiger partial charge is 0.355 e. The number of para-hydroxylation sites is 1. The molecule has 18 heavy (non-hydrogen) atoms. The van der Waals surface area contributed by atoms with Gasteiger partial charge in [0.15, 0.2) is 0 Å². The Morgan fingerprint density at radius 2 is 1.61 bits per heavy atom. The van der Waals surface area contributed by atoms with Gasteiger partial charge < -0.3 is 11.1 Å². The Kier molecular flexibility index (Phi) is 5.20. The minimum Gasteiger partial charge on any atom is -0.355 e. The molecule has 3 N–H and O–H groups in total. The van der Waals surface area contributed by atoms with Gasteiger partial charge in [0.2, 0.25) is 0 Å². The van der Waals surface area contributed by atoms with E-state index in [4.69, 9.17) is 5.73 Å². The Hall–Kier alpha value is -1.51. The molecule has 2 rings (SSSR count). The van der Waals surface area contributed by atoms with E-state index in [1.807, 2.05) is 12.1 Å². The zero-order valence-corrected chi connectivity index (χ0v) is 11.6. The third-order valence-corrected chi connectivity index (χ3v) is 2.91. The standard InChI is InChI=1S/C15H18N2.ClH/c1-11-5-3-6-12(2)15(11)17-14-8-4-7-13(9-14)10-16;/h3-9,17H,10,16H2,1-2H3;1H. The summed E-state index contributed by atoms with van der Waals surface area (Å²) < 4.78 is 0. The third kappa shape index (κ3) is 3.25. The lowest BCUT2D eigenvalue weighted by Crippen LogP contribution is -1.99. The molecular weight excluding hydrogens is 244 g/mol. The van der Waals surface area contributed by atoms with Crippen molar-refractivity contribution in [2.45, 2.75) is 20.4 Å². The number of hydrogen-bond donors (Lipinski definition) is 2. The first kappa shape index (κ1) is 14.6. The molecular formula is C15H19ClN2. The number of aryl methyl sites for hydroxylation is 2. The molecule has 0 aliphatic rings. The summed E-state index contributed by atoms with van der Waals surface area (Å²) in [4.78, 5) is 0. The number of benzene rings is 2. The van der Waals surface area contributed by atoms with E-state index in [9.17, 15) is 0 Å². The first-order chi connectivity index (χ1) is 8.20. The molecule has 0 aliphatic carbocycles. The van der Waals surface area contributed by atoms with Gasteiger partial charge in [-0.2, -0.15) is 0 Å². The molecule has 0 spiro atoms. The number of nitrogens with two attached hydrogens (primary N) is 1. The molecule has 0 radical (unpaired) electrons. The number of anilines is 2. The summed E-state index contributed by atoms with van der Waals surface area (Å²) in [5, 5.41) is 3.46. The SMILES string of the molecule is Cc1cccc(C)c1Nc1cccc(CN)c1.Cl. The van der Waals surface area contributed by atoms with Crippen LogP contribution in [-0.2, 0) is 6.54 Å². The van der Waals surface area contributed by atoms with Crippen molar-refractivity contribution >= 4 is 23.8 Å². The van der Waals surface area contributed by atoms with Crippen molar-refractivity contribution in [3.05, 3.63) is 59.2 Å². The fourth-order valence-corrected chi connectivity index (χ4v) is 1.93. The van der Waals surface area contributed by atoms with E-state index in [2.05, 4.69) is 49.5 Å². The van der Waals surface area contributed by atoms with Crippen molar-refractivity contribution in [3.8, 4) is 0 Å². The highest BCUT2D eigenvalue weighted by Crippen LogP contribution is 2.24. The maximum Gasteiger partial charge on any atom is 0.0443 e. The van der Waals surface area contributed by atoms with E-state index < -0.39 is 0 Å². The van der Waals surface area contributed by atoms with Crippen molar-refractivity contribution in [2.75, 3.05) is 5.32 Å². The van der Waals surface area contributed by atoms with Gasteiger partial charge in [-0.1, -0.05) is 30.3 Å². The van der Waals surface area contributed by atoms with Crippen molar-refractivity contribution < 1.29 is 0 Å². The van der Waals surface area contributed by atoms with Gasteiger partial charge in [-0.05, 0) is 42.7 Å². The Morgan fingerprint density at radius 1 is 1.00 bits per heavy atom. The minimum absolute atomic E-state index is 0.